The maximum atomic E-state index is 13.4. The third-order valence-electron chi connectivity index (χ3n) is 2.33. The van der Waals surface area contributed by atoms with E-state index in [1.807, 2.05) is 18.2 Å². The summed E-state index contributed by atoms with van der Waals surface area (Å²) in [7, 11) is 0. The van der Waals surface area contributed by atoms with Crippen molar-refractivity contribution in [3.8, 4) is 11.1 Å². The number of pyridine rings is 1. The van der Waals surface area contributed by atoms with Crippen molar-refractivity contribution in [2.45, 2.75) is 6.92 Å². The predicted octanol–water partition coefficient (Wildman–Crippen LogP) is 2.78. The van der Waals surface area contributed by atoms with E-state index in [9.17, 15) is 4.39 Å². The van der Waals surface area contributed by atoms with E-state index in [-0.39, 0.29) is 11.5 Å². The molecule has 76 valence electrons. The van der Waals surface area contributed by atoms with E-state index in [1.54, 1.807) is 19.3 Å². The van der Waals surface area contributed by atoms with Gasteiger partial charge in [0.1, 0.15) is 5.82 Å². The van der Waals surface area contributed by atoms with Crippen molar-refractivity contribution < 1.29 is 4.39 Å². The topological polar surface area (TPSA) is 38.9 Å². The van der Waals surface area contributed by atoms with Crippen LogP contribution in [0, 0.1) is 12.7 Å². The zero-order valence-corrected chi connectivity index (χ0v) is 8.37. The number of nitrogens with two attached hydrogens (primary N) is 1. The number of rotatable bonds is 1. The summed E-state index contributed by atoms with van der Waals surface area (Å²) in [6.07, 6.45) is 3.38. The van der Waals surface area contributed by atoms with Crippen LogP contribution in [0.4, 0.5) is 10.1 Å². The highest BCUT2D eigenvalue weighted by atomic mass is 19.1. The molecule has 0 saturated carbocycles. The van der Waals surface area contributed by atoms with Gasteiger partial charge in [-0.1, -0.05) is 6.07 Å². The monoisotopic (exact) mass is 202 g/mol. The fourth-order valence-corrected chi connectivity index (χ4v) is 1.46. The maximum absolute atomic E-state index is 13.4. The first-order valence-electron chi connectivity index (χ1n) is 4.64. The average molecular weight is 202 g/mol. The van der Waals surface area contributed by atoms with Crippen molar-refractivity contribution in [3.63, 3.8) is 0 Å². The average Bonchev–Trinajstić information content (AvgIpc) is 2.26. The predicted molar refractivity (Wildman–Crippen MR) is 58.8 cm³/mol. The van der Waals surface area contributed by atoms with E-state index in [2.05, 4.69) is 4.98 Å². The zero-order chi connectivity index (χ0) is 10.8. The van der Waals surface area contributed by atoms with Crippen LogP contribution in [-0.2, 0) is 0 Å². The van der Waals surface area contributed by atoms with Gasteiger partial charge in [0, 0.05) is 18.0 Å². The molecule has 0 bridgehead atoms. The molecule has 2 N–H and O–H groups in total. The molecule has 0 aliphatic carbocycles. The normalized spacial score (nSPS) is 10.3. The Balaban J connectivity index is 2.56. The SMILES string of the molecule is Cc1cc(-c2cccnc2)cc(F)c1N. The summed E-state index contributed by atoms with van der Waals surface area (Å²) in [4.78, 5) is 3.99. The van der Waals surface area contributed by atoms with Crippen molar-refractivity contribution >= 4 is 5.69 Å². The summed E-state index contributed by atoms with van der Waals surface area (Å²) in [5.41, 5.74) is 8.18. The molecule has 2 aromatic rings. The van der Waals surface area contributed by atoms with Crippen LogP contribution >= 0.6 is 0 Å². The lowest BCUT2D eigenvalue weighted by Crippen LogP contribution is -1.95. The fraction of sp³-hybridized carbons (Fsp3) is 0.0833. The fourth-order valence-electron chi connectivity index (χ4n) is 1.46. The minimum absolute atomic E-state index is 0.211. The highest BCUT2D eigenvalue weighted by molar-refractivity contribution is 5.67. The zero-order valence-electron chi connectivity index (χ0n) is 8.37. The van der Waals surface area contributed by atoms with E-state index in [1.165, 1.54) is 6.07 Å². The van der Waals surface area contributed by atoms with Gasteiger partial charge in [0.05, 0.1) is 5.69 Å². The molecule has 2 rings (SSSR count). The Morgan fingerprint density at radius 1 is 1.27 bits per heavy atom. The minimum atomic E-state index is -0.381. The Morgan fingerprint density at radius 3 is 2.67 bits per heavy atom. The van der Waals surface area contributed by atoms with E-state index in [0.29, 0.717) is 0 Å². The van der Waals surface area contributed by atoms with Crippen molar-refractivity contribution in [3.05, 3.63) is 48.0 Å². The summed E-state index contributed by atoms with van der Waals surface area (Å²) in [5.74, 6) is -0.381. The van der Waals surface area contributed by atoms with Crippen LogP contribution in [0.25, 0.3) is 11.1 Å². The highest BCUT2D eigenvalue weighted by Crippen LogP contribution is 2.25. The lowest BCUT2D eigenvalue weighted by atomic mass is 10.0. The number of benzene rings is 1. The second-order valence-electron chi connectivity index (χ2n) is 3.43. The number of nitrogen functional groups attached to an aromatic ring is 1. The van der Waals surface area contributed by atoms with Crippen molar-refractivity contribution in [1.29, 1.82) is 0 Å². The van der Waals surface area contributed by atoms with Gasteiger partial charge in [0.2, 0.25) is 0 Å². The summed E-state index contributed by atoms with van der Waals surface area (Å²) in [6.45, 7) is 1.79. The molecule has 3 heteroatoms. The molecule has 0 unspecified atom stereocenters. The number of aromatic nitrogens is 1. The molecule has 0 spiro atoms. The summed E-state index contributed by atoms with van der Waals surface area (Å²) in [6, 6.07) is 6.99. The van der Waals surface area contributed by atoms with E-state index in [4.69, 9.17) is 5.73 Å². The Bertz CT molecular complexity index is 457. The summed E-state index contributed by atoms with van der Waals surface area (Å²) < 4.78 is 13.4. The van der Waals surface area contributed by atoms with Crippen LogP contribution < -0.4 is 5.73 Å². The van der Waals surface area contributed by atoms with Crippen molar-refractivity contribution in [2.24, 2.45) is 0 Å². The number of aryl methyl sites for hydroxylation is 1. The molecule has 1 aromatic carbocycles. The number of hydrogen-bond acceptors (Lipinski definition) is 2. The molecule has 2 nitrogen and oxygen atoms in total. The molecule has 0 fully saturated rings. The number of hydrogen-bond donors (Lipinski definition) is 1. The molecule has 0 amide bonds. The summed E-state index contributed by atoms with van der Waals surface area (Å²) in [5, 5.41) is 0. The van der Waals surface area contributed by atoms with Gasteiger partial charge < -0.3 is 5.73 Å². The molecule has 0 radical (unpaired) electrons. The second-order valence-corrected chi connectivity index (χ2v) is 3.43. The van der Waals surface area contributed by atoms with Crippen LogP contribution in [0.2, 0.25) is 0 Å². The van der Waals surface area contributed by atoms with Crippen LogP contribution in [0.15, 0.2) is 36.7 Å². The number of anilines is 1. The van der Waals surface area contributed by atoms with Crippen molar-refractivity contribution in [2.75, 3.05) is 5.73 Å². The van der Waals surface area contributed by atoms with Gasteiger partial charge >= 0.3 is 0 Å². The molecule has 0 atom stereocenters. The first-order chi connectivity index (χ1) is 7.18. The Morgan fingerprint density at radius 2 is 2.07 bits per heavy atom. The quantitative estimate of drug-likeness (QED) is 0.722. The molecular weight excluding hydrogens is 191 g/mol. The van der Waals surface area contributed by atoms with Gasteiger partial charge in [-0.3, -0.25) is 4.98 Å². The molecule has 0 aliphatic heterocycles. The Labute approximate surface area is 87.6 Å². The first-order valence-corrected chi connectivity index (χ1v) is 4.64. The van der Waals surface area contributed by atoms with Gasteiger partial charge in [-0.25, -0.2) is 4.39 Å². The molecule has 1 aromatic heterocycles. The third-order valence-corrected chi connectivity index (χ3v) is 2.33. The van der Waals surface area contributed by atoms with Crippen LogP contribution in [0.5, 0.6) is 0 Å². The Hall–Kier alpha value is -1.90. The van der Waals surface area contributed by atoms with Gasteiger partial charge in [-0.05, 0) is 36.2 Å². The molecule has 0 aliphatic rings. The van der Waals surface area contributed by atoms with Crippen LogP contribution in [0.1, 0.15) is 5.56 Å². The largest absolute Gasteiger partial charge is 0.396 e. The molecule has 15 heavy (non-hydrogen) atoms. The third kappa shape index (κ3) is 1.81. The standard InChI is InChI=1S/C12H11FN2/c1-8-5-10(6-11(13)12(8)14)9-3-2-4-15-7-9/h2-7H,14H2,1H3. The number of nitrogens with zero attached hydrogens (tertiary/aromatic N) is 1. The first kappa shape index (κ1) is 9.65. The van der Waals surface area contributed by atoms with Crippen LogP contribution in [0.3, 0.4) is 0 Å². The van der Waals surface area contributed by atoms with Crippen molar-refractivity contribution in [1.82, 2.24) is 4.98 Å². The number of halogens is 1. The van der Waals surface area contributed by atoms with E-state index >= 15 is 0 Å². The molecule has 0 saturated heterocycles. The van der Waals surface area contributed by atoms with Gasteiger partial charge in [0.15, 0.2) is 0 Å². The smallest absolute Gasteiger partial charge is 0.146 e. The lowest BCUT2D eigenvalue weighted by Gasteiger charge is -2.06. The van der Waals surface area contributed by atoms with Crippen LogP contribution in [-0.4, -0.2) is 4.98 Å². The minimum Gasteiger partial charge on any atom is -0.396 e. The lowest BCUT2D eigenvalue weighted by molar-refractivity contribution is 0.632. The Kier molecular flexibility index (Phi) is 2.37. The second kappa shape index (κ2) is 3.69. The molecular formula is C12H11FN2. The van der Waals surface area contributed by atoms with Gasteiger partial charge in [0.25, 0.3) is 0 Å². The van der Waals surface area contributed by atoms with E-state index < -0.39 is 0 Å². The maximum Gasteiger partial charge on any atom is 0.146 e. The van der Waals surface area contributed by atoms with E-state index in [0.717, 1.165) is 16.7 Å². The highest BCUT2D eigenvalue weighted by Gasteiger charge is 2.05. The summed E-state index contributed by atoms with van der Waals surface area (Å²) >= 11 is 0. The van der Waals surface area contributed by atoms with Gasteiger partial charge in [-0.2, -0.15) is 0 Å². The van der Waals surface area contributed by atoms with Gasteiger partial charge in [-0.15, -0.1) is 0 Å². The molecule has 1 heterocycles.